The Hall–Kier alpha value is -3.05. The van der Waals surface area contributed by atoms with E-state index in [2.05, 4.69) is 17.2 Å². The van der Waals surface area contributed by atoms with Gasteiger partial charge in [0, 0.05) is 28.5 Å². The van der Waals surface area contributed by atoms with Gasteiger partial charge in [0.05, 0.1) is 11.3 Å². The zero-order valence-electron chi connectivity index (χ0n) is 16.2. The summed E-state index contributed by atoms with van der Waals surface area (Å²) in [5.74, 6) is -0.331. The topological polar surface area (TPSA) is 61.4 Å². The van der Waals surface area contributed by atoms with Crippen molar-refractivity contribution in [3.63, 3.8) is 0 Å². The third-order valence-electron chi connectivity index (χ3n) is 5.31. The summed E-state index contributed by atoms with van der Waals surface area (Å²) >= 11 is 6.08. The van der Waals surface area contributed by atoms with E-state index in [1.54, 1.807) is 4.90 Å². The Morgan fingerprint density at radius 1 is 1.28 bits per heavy atom. The zero-order valence-corrected chi connectivity index (χ0v) is 16.9. The number of benzene rings is 2. The van der Waals surface area contributed by atoms with Gasteiger partial charge in [-0.25, -0.2) is 0 Å². The van der Waals surface area contributed by atoms with E-state index in [0.717, 1.165) is 22.5 Å². The normalized spacial score (nSPS) is 20.1. The second-order valence-corrected chi connectivity index (χ2v) is 7.64. The van der Waals surface area contributed by atoms with E-state index in [9.17, 15) is 9.59 Å². The first kappa shape index (κ1) is 19.3. The minimum Gasteiger partial charge on any atom is -0.380 e. The maximum atomic E-state index is 13.2. The number of allylic oxidation sites excluding steroid dienone is 2. The molecule has 1 fully saturated rings. The van der Waals surface area contributed by atoms with Crippen LogP contribution in [0, 0.1) is 0 Å². The molecule has 6 heteroatoms. The van der Waals surface area contributed by atoms with Crippen molar-refractivity contribution in [1.29, 1.82) is 0 Å². The number of hydrogen-bond acceptors (Lipinski definition) is 3. The highest BCUT2D eigenvalue weighted by molar-refractivity contribution is 6.30. The van der Waals surface area contributed by atoms with E-state index in [0.29, 0.717) is 35.7 Å². The van der Waals surface area contributed by atoms with Crippen molar-refractivity contribution in [2.24, 2.45) is 0 Å². The van der Waals surface area contributed by atoms with Gasteiger partial charge in [0.1, 0.15) is 6.04 Å². The smallest absolute Gasteiger partial charge is 0.259 e. The molecule has 0 bridgehead atoms. The molecule has 29 heavy (non-hydrogen) atoms. The van der Waals surface area contributed by atoms with Crippen LogP contribution in [0.3, 0.4) is 0 Å². The molecule has 4 rings (SSSR count). The van der Waals surface area contributed by atoms with Crippen LogP contribution >= 0.6 is 11.6 Å². The summed E-state index contributed by atoms with van der Waals surface area (Å²) in [7, 11) is 0. The summed E-state index contributed by atoms with van der Waals surface area (Å²) in [6.45, 7) is 6.29. The van der Waals surface area contributed by atoms with Gasteiger partial charge in [-0.3, -0.25) is 14.5 Å². The number of piperidine rings is 1. The molecule has 2 aliphatic heterocycles. The van der Waals surface area contributed by atoms with Crippen molar-refractivity contribution in [2.45, 2.75) is 32.4 Å². The van der Waals surface area contributed by atoms with E-state index in [4.69, 9.17) is 11.6 Å². The number of halogens is 1. The Balaban J connectivity index is 1.65. The number of nitrogens with one attached hydrogen (secondary N) is 2. The van der Waals surface area contributed by atoms with E-state index in [1.807, 2.05) is 55.5 Å². The van der Waals surface area contributed by atoms with Gasteiger partial charge in [-0.1, -0.05) is 42.5 Å². The summed E-state index contributed by atoms with van der Waals surface area (Å²) in [6, 6.07) is 12.7. The second-order valence-electron chi connectivity index (χ2n) is 7.21. The molecule has 2 N–H and O–H groups in total. The predicted molar refractivity (Wildman–Crippen MR) is 115 cm³/mol. The number of carbonyl (C=O) groups is 2. The lowest BCUT2D eigenvalue weighted by atomic mass is 10.0. The largest absolute Gasteiger partial charge is 0.380 e. The molecule has 0 saturated carbocycles. The zero-order chi connectivity index (χ0) is 20.5. The first-order valence-electron chi connectivity index (χ1n) is 9.60. The molecule has 1 unspecified atom stereocenters. The Morgan fingerprint density at radius 2 is 2.07 bits per heavy atom. The standard InChI is InChI=1S/C23H22ClN3O2/c1-3-19-21-17(23(29)27(19)20-11-10-14(2)26-22(20)28)8-5-9-18(21)25-13-15-6-4-7-16(24)12-15/h3-9,12,20,25H,2,10-11,13H2,1H3,(H,26,28)/b19-3-. The summed E-state index contributed by atoms with van der Waals surface area (Å²) in [4.78, 5) is 27.4. The van der Waals surface area contributed by atoms with Crippen molar-refractivity contribution < 1.29 is 9.59 Å². The molecular weight excluding hydrogens is 386 g/mol. The van der Waals surface area contributed by atoms with Crippen LogP contribution in [0.1, 0.15) is 41.3 Å². The molecule has 0 radical (unpaired) electrons. The Morgan fingerprint density at radius 3 is 2.79 bits per heavy atom. The molecular formula is C23H22ClN3O2. The lowest BCUT2D eigenvalue weighted by molar-refractivity contribution is -0.125. The highest BCUT2D eigenvalue weighted by Gasteiger charge is 2.42. The Labute approximate surface area is 175 Å². The van der Waals surface area contributed by atoms with Gasteiger partial charge >= 0.3 is 0 Å². The molecule has 0 spiro atoms. The lowest BCUT2D eigenvalue weighted by Crippen LogP contribution is -2.49. The van der Waals surface area contributed by atoms with E-state index in [1.165, 1.54) is 0 Å². The molecule has 2 amide bonds. The molecule has 0 aromatic heterocycles. The van der Waals surface area contributed by atoms with Crippen LogP contribution in [-0.4, -0.2) is 22.8 Å². The third kappa shape index (κ3) is 3.54. The number of anilines is 1. The number of rotatable bonds is 4. The molecule has 1 atom stereocenters. The van der Waals surface area contributed by atoms with Crippen LogP contribution in [-0.2, 0) is 11.3 Å². The van der Waals surface area contributed by atoms with Crippen LogP contribution in [0.2, 0.25) is 5.02 Å². The van der Waals surface area contributed by atoms with Crippen molar-refractivity contribution in [3.05, 3.63) is 82.5 Å². The van der Waals surface area contributed by atoms with Crippen molar-refractivity contribution in [1.82, 2.24) is 10.2 Å². The Kier molecular flexibility index (Phi) is 5.16. The van der Waals surface area contributed by atoms with E-state index >= 15 is 0 Å². The summed E-state index contributed by atoms with van der Waals surface area (Å²) in [6.07, 6.45) is 3.12. The maximum absolute atomic E-state index is 13.2. The first-order valence-corrected chi connectivity index (χ1v) is 9.97. The van der Waals surface area contributed by atoms with Gasteiger partial charge in [-0.2, -0.15) is 0 Å². The van der Waals surface area contributed by atoms with Crippen molar-refractivity contribution >= 4 is 34.8 Å². The maximum Gasteiger partial charge on any atom is 0.259 e. The highest BCUT2D eigenvalue weighted by atomic mass is 35.5. The highest BCUT2D eigenvalue weighted by Crippen LogP contribution is 2.40. The second kappa shape index (κ2) is 7.76. The van der Waals surface area contributed by atoms with E-state index in [-0.39, 0.29) is 11.8 Å². The summed E-state index contributed by atoms with van der Waals surface area (Å²) < 4.78 is 0. The first-order chi connectivity index (χ1) is 14.0. The molecule has 1 saturated heterocycles. The molecule has 0 aliphatic carbocycles. The lowest BCUT2D eigenvalue weighted by Gasteiger charge is -2.32. The molecule has 2 aromatic carbocycles. The van der Waals surface area contributed by atoms with Gasteiger partial charge in [0.25, 0.3) is 5.91 Å². The molecule has 2 aromatic rings. The number of nitrogens with zero attached hydrogens (tertiary/aromatic N) is 1. The van der Waals surface area contributed by atoms with Crippen molar-refractivity contribution in [2.75, 3.05) is 5.32 Å². The summed E-state index contributed by atoms with van der Waals surface area (Å²) in [5.41, 5.74) is 4.79. The van der Waals surface area contributed by atoms with Gasteiger partial charge in [0.2, 0.25) is 5.91 Å². The van der Waals surface area contributed by atoms with Crippen LogP contribution in [0.25, 0.3) is 5.70 Å². The average Bonchev–Trinajstić information content (AvgIpc) is 2.99. The van der Waals surface area contributed by atoms with Crippen LogP contribution in [0.4, 0.5) is 5.69 Å². The number of hydrogen-bond donors (Lipinski definition) is 2. The van der Waals surface area contributed by atoms with Crippen LogP contribution in [0.5, 0.6) is 0 Å². The fourth-order valence-electron chi connectivity index (χ4n) is 3.96. The number of amides is 2. The van der Waals surface area contributed by atoms with E-state index < -0.39 is 6.04 Å². The van der Waals surface area contributed by atoms with Crippen LogP contribution in [0.15, 0.2) is 60.8 Å². The predicted octanol–water partition coefficient (Wildman–Crippen LogP) is 4.56. The van der Waals surface area contributed by atoms with Gasteiger partial charge in [0.15, 0.2) is 0 Å². The third-order valence-corrected chi connectivity index (χ3v) is 5.54. The van der Waals surface area contributed by atoms with Crippen LogP contribution < -0.4 is 10.6 Å². The average molecular weight is 408 g/mol. The molecule has 2 aliphatic rings. The fourth-order valence-corrected chi connectivity index (χ4v) is 4.17. The van der Waals surface area contributed by atoms with Gasteiger partial charge < -0.3 is 10.6 Å². The minimum absolute atomic E-state index is 0.146. The SMILES string of the molecule is C=C1CCC(N2C(=O)c3cccc(NCc4cccc(Cl)c4)c3/C2=C/C)C(=O)N1. The summed E-state index contributed by atoms with van der Waals surface area (Å²) in [5, 5.41) is 6.89. The molecule has 2 heterocycles. The molecule has 148 valence electrons. The number of carbonyl (C=O) groups excluding carboxylic acids is 2. The monoisotopic (exact) mass is 407 g/mol. The quantitative estimate of drug-likeness (QED) is 0.780. The number of fused-ring (bicyclic) bond motifs is 1. The minimum atomic E-state index is -0.535. The fraction of sp³-hybridized carbons (Fsp3) is 0.217. The van der Waals surface area contributed by atoms with Crippen molar-refractivity contribution in [3.8, 4) is 0 Å². The molecule has 5 nitrogen and oxygen atoms in total. The Bertz CT molecular complexity index is 1040. The van der Waals surface area contributed by atoms with Gasteiger partial charge in [-0.15, -0.1) is 0 Å². The van der Waals surface area contributed by atoms with Gasteiger partial charge in [-0.05, 0) is 49.6 Å².